The maximum Gasteiger partial charge on any atom is 0.230 e. The number of aryl methyl sites for hydroxylation is 1. The summed E-state index contributed by atoms with van der Waals surface area (Å²) < 4.78 is 5.28. The van der Waals surface area contributed by atoms with E-state index in [0.717, 1.165) is 42.8 Å². The number of fused-ring (bicyclic) bond motifs is 1. The summed E-state index contributed by atoms with van der Waals surface area (Å²) in [6.45, 7) is 6.23. The van der Waals surface area contributed by atoms with Crippen molar-refractivity contribution in [1.82, 2.24) is 10.1 Å². The number of nitrogens with one attached hydrogen (secondary N) is 1. The number of likely N-dealkylation sites (N-methyl/N-ethyl adjacent to an activating group) is 1. The molecule has 3 aromatic rings. The second-order valence-electron chi connectivity index (χ2n) is 7.14. The molecule has 1 aliphatic rings. The molecule has 0 unspecified atom stereocenters. The fourth-order valence-corrected chi connectivity index (χ4v) is 3.46. The summed E-state index contributed by atoms with van der Waals surface area (Å²) in [5.74, 6) is -0.0931. The number of aromatic nitrogens is 1. The van der Waals surface area contributed by atoms with Crippen LogP contribution >= 0.6 is 0 Å². The summed E-state index contributed by atoms with van der Waals surface area (Å²) in [5.41, 5.74) is 4.47. The average molecular weight is 364 g/mol. The lowest BCUT2D eigenvalue weighted by atomic mass is 10.1. The van der Waals surface area contributed by atoms with Crippen LogP contribution in [0.4, 0.5) is 11.4 Å². The number of carbonyl (C=O) groups excluding carboxylic acids is 1. The molecule has 6 heteroatoms. The standard InChI is InChI=1S/C21H24N4O2/c1-15-13-16(25-11-9-24(2)10-12-25)7-8-18(15)22-21(26)14-19-17-5-3-4-6-20(17)27-23-19/h3-8,13H,9-12,14H2,1-2H3,(H,22,26). The Morgan fingerprint density at radius 1 is 1.15 bits per heavy atom. The van der Waals surface area contributed by atoms with Crippen molar-refractivity contribution in [3.8, 4) is 0 Å². The van der Waals surface area contributed by atoms with Crippen LogP contribution in [-0.4, -0.2) is 49.2 Å². The minimum Gasteiger partial charge on any atom is -0.369 e. The third-order valence-electron chi connectivity index (χ3n) is 5.13. The lowest BCUT2D eigenvalue weighted by Gasteiger charge is -2.34. The SMILES string of the molecule is Cc1cc(N2CCN(C)CC2)ccc1NC(=O)Cc1noc2ccccc12. The van der Waals surface area contributed by atoms with Gasteiger partial charge in [-0.1, -0.05) is 17.3 Å². The number of piperazine rings is 1. The van der Waals surface area contributed by atoms with Gasteiger partial charge in [-0.3, -0.25) is 4.79 Å². The molecule has 1 N–H and O–H groups in total. The topological polar surface area (TPSA) is 61.6 Å². The number of para-hydroxylation sites is 1. The average Bonchev–Trinajstić information content (AvgIpc) is 3.07. The summed E-state index contributed by atoms with van der Waals surface area (Å²) in [6.07, 6.45) is 0.191. The quantitative estimate of drug-likeness (QED) is 0.771. The molecule has 1 aromatic heterocycles. The van der Waals surface area contributed by atoms with Crippen LogP contribution in [-0.2, 0) is 11.2 Å². The monoisotopic (exact) mass is 364 g/mol. The number of anilines is 2. The van der Waals surface area contributed by atoms with E-state index in [1.54, 1.807) is 0 Å². The van der Waals surface area contributed by atoms with Crippen LogP contribution in [0.25, 0.3) is 11.0 Å². The van der Waals surface area contributed by atoms with E-state index < -0.39 is 0 Å². The van der Waals surface area contributed by atoms with Crippen molar-refractivity contribution in [3.63, 3.8) is 0 Å². The highest BCUT2D eigenvalue weighted by atomic mass is 16.5. The van der Waals surface area contributed by atoms with Gasteiger partial charge in [0, 0.05) is 42.9 Å². The van der Waals surface area contributed by atoms with E-state index in [4.69, 9.17) is 4.52 Å². The summed E-state index contributed by atoms with van der Waals surface area (Å²) in [6, 6.07) is 13.8. The first kappa shape index (κ1) is 17.5. The first-order chi connectivity index (χ1) is 13.1. The Hall–Kier alpha value is -2.86. The number of benzene rings is 2. The predicted molar refractivity (Wildman–Crippen MR) is 107 cm³/mol. The van der Waals surface area contributed by atoms with Gasteiger partial charge in [0.1, 0.15) is 5.69 Å². The number of amides is 1. The predicted octanol–water partition coefficient (Wildman–Crippen LogP) is 3.07. The van der Waals surface area contributed by atoms with Gasteiger partial charge in [0.25, 0.3) is 0 Å². The van der Waals surface area contributed by atoms with E-state index in [2.05, 4.69) is 39.5 Å². The lowest BCUT2D eigenvalue weighted by Crippen LogP contribution is -2.44. The highest BCUT2D eigenvalue weighted by molar-refractivity contribution is 5.95. The van der Waals surface area contributed by atoms with Crippen molar-refractivity contribution >= 4 is 28.3 Å². The van der Waals surface area contributed by atoms with Gasteiger partial charge in [-0.05, 0) is 49.9 Å². The van der Waals surface area contributed by atoms with Crippen molar-refractivity contribution in [1.29, 1.82) is 0 Å². The van der Waals surface area contributed by atoms with Crippen LogP contribution in [0.2, 0.25) is 0 Å². The van der Waals surface area contributed by atoms with Crippen LogP contribution in [0.1, 0.15) is 11.3 Å². The number of hydrogen-bond donors (Lipinski definition) is 1. The van der Waals surface area contributed by atoms with Crippen LogP contribution in [0, 0.1) is 6.92 Å². The smallest absolute Gasteiger partial charge is 0.230 e. The van der Waals surface area contributed by atoms with Crippen LogP contribution in [0.5, 0.6) is 0 Å². The summed E-state index contributed by atoms with van der Waals surface area (Å²) in [4.78, 5) is 17.2. The first-order valence-corrected chi connectivity index (χ1v) is 9.27. The van der Waals surface area contributed by atoms with Crippen LogP contribution in [0.3, 0.4) is 0 Å². The van der Waals surface area contributed by atoms with E-state index in [1.807, 2.05) is 37.3 Å². The molecule has 140 valence electrons. The van der Waals surface area contributed by atoms with E-state index in [9.17, 15) is 4.79 Å². The fraction of sp³-hybridized carbons (Fsp3) is 0.333. The van der Waals surface area contributed by atoms with Gasteiger partial charge in [0.2, 0.25) is 5.91 Å². The molecule has 0 bridgehead atoms. The Labute approximate surface area is 158 Å². The molecular formula is C21H24N4O2. The van der Waals surface area contributed by atoms with Crippen molar-refractivity contribution in [2.24, 2.45) is 0 Å². The van der Waals surface area contributed by atoms with Crippen molar-refractivity contribution in [2.75, 3.05) is 43.4 Å². The minimum atomic E-state index is -0.0931. The zero-order valence-electron chi connectivity index (χ0n) is 15.7. The van der Waals surface area contributed by atoms with E-state index in [-0.39, 0.29) is 12.3 Å². The number of rotatable bonds is 4. The third-order valence-corrected chi connectivity index (χ3v) is 5.13. The maximum atomic E-state index is 12.5. The minimum absolute atomic E-state index is 0.0931. The van der Waals surface area contributed by atoms with Crippen molar-refractivity contribution in [3.05, 3.63) is 53.7 Å². The van der Waals surface area contributed by atoms with Gasteiger partial charge in [0.05, 0.1) is 6.42 Å². The summed E-state index contributed by atoms with van der Waals surface area (Å²) >= 11 is 0. The second-order valence-corrected chi connectivity index (χ2v) is 7.14. The maximum absolute atomic E-state index is 12.5. The Bertz CT molecular complexity index is 958. The van der Waals surface area contributed by atoms with Crippen LogP contribution < -0.4 is 10.2 Å². The molecule has 2 heterocycles. The molecule has 1 amide bonds. The number of carbonyl (C=O) groups is 1. The molecular weight excluding hydrogens is 340 g/mol. The van der Waals surface area contributed by atoms with E-state index >= 15 is 0 Å². The van der Waals surface area contributed by atoms with Crippen molar-refractivity contribution in [2.45, 2.75) is 13.3 Å². The second kappa shape index (κ2) is 7.40. The molecule has 0 radical (unpaired) electrons. The van der Waals surface area contributed by atoms with Gasteiger partial charge in [-0.2, -0.15) is 0 Å². The van der Waals surface area contributed by atoms with E-state index in [0.29, 0.717) is 11.3 Å². The zero-order chi connectivity index (χ0) is 18.8. The third kappa shape index (κ3) is 3.80. The zero-order valence-corrected chi connectivity index (χ0v) is 15.7. The summed E-state index contributed by atoms with van der Waals surface area (Å²) in [5, 5.41) is 7.92. The largest absolute Gasteiger partial charge is 0.369 e. The molecule has 6 nitrogen and oxygen atoms in total. The molecule has 1 aliphatic heterocycles. The van der Waals surface area contributed by atoms with Crippen molar-refractivity contribution < 1.29 is 9.32 Å². The Kier molecular flexibility index (Phi) is 4.81. The molecule has 0 spiro atoms. The van der Waals surface area contributed by atoms with Gasteiger partial charge in [0.15, 0.2) is 5.58 Å². The fourth-order valence-electron chi connectivity index (χ4n) is 3.46. The lowest BCUT2D eigenvalue weighted by molar-refractivity contribution is -0.115. The summed E-state index contributed by atoms with van der Waals surface area (Å²) in [7, 11) is 2.15. The van der Waals surface area contributed by atoms with Gasteiger partial charge >= 0.3 is 0 Å². The first-order valence-electron chi connectivity index (χ1n) is 9.27. The molecule has 0 saturated carbocycles. The molecule has 1 saturated heterocycles. The molecule has 4 rings (SSSR count). The van der Waals surface area contributed by atoms with Gasteiger partial charge < -0.3 is 19.6 Å². The Balaban J connectivity index is 1.43. The molecule has 0 aliphatic carbocycles. The molecule has 2 aromatic carbocycles. The molecule has 1 fully saturated rings. The normalized spacial score (nSPS) is 15.3. The molecule has 0 atom stereocenters. The Morgan fingerprint density at radius 2 is 1.93 bits per heavy atom. The van der Waals surface area contributed by atoms with E-state index in [1.165, 1.54) is 5.69 Å². The van der Waals surface area contributed by atoms with Gasteiger partial charge in [-0.15, -0.1) is 0 Å². The molecule has 27 heavy (non-hydrogen) atoms. The number of hydrogen-bond acceptors (Lipinski definition) is 5. The van der Waals surface area contributed by atoms with Crippen LogP contribution in [0.15, 0.2) is 47.0 Å². The Morgan fingerprint density at radius 3 is 2.70 bits per heavy atom. The highest BCUT2D eigenvalue weighted by Gasteiger charge is 2.16. The number of nitrogens with zero attached hydrogens (tertiary/aromatic N) is 3. The van der Waals surface area contributed by atoms with Gasteiger partial charge in [-0.25, -0.2) is 0 Å². The highest BCUT2D eigenvalue weighted by Crippen LogP contribution is 2.24.